The van der Waals surface area contributed by atoms with Crippen LogP contribution in [-0.2, 0) is 10.0 Å². The number of benzene rings is 1. The van der Waals surface area contributed by atoms with Crippen molar-refractivity contribution < 1.29 is 22.7 Å². The summed E-state index contributed by atoms with van der Waals surface area (Å²) in [4.78, 5) is 13.0. The molecule has 1 N–H and O–H groups in total. The predicted octanol–water partition coefficient (Wildman–Crippen LogP) is 2.40. The fourth-order valence-electron chi connectivity index (χ4n) is 2.80. The molecule has 0 aliphatic carbocycles. The van der Waals surface area contributed by atoms with Gasteiger partial charge in [0, 0.05) is 26.2 Å². The fourth-order valence-corrected chi connectivity index (χ4v) is 5.75. The van der Waals surface area contributed by atoms with Gasteiger partial charge in [-0.25, -0.2) is 17.6 Å². The molecule has 3 rings (SSSR count). The molecule has 1 aromatic heterocycles. The number of sulfonamides is 1. The Morgan fingerprint density at radius 2 is 1.84 bits per heavy atom. The number of carboxylic acid groups (broad SMARTS) is 1. The number of carbonyl (C=O) groups is 1. The smallest absolute Gasteiger partial charge is 0.346 e. The average molecular weight is 384 g/mol. The molecule has 0 atom stereocenters. The van der Waals surface area contributed by atoms with Crippen molar-refractivity contribution in [2.24, 2.45) is 0 Å². The highest BCUT2D eigenvalue weighted by molar-refractivity contribution is 7.91. The molecular weight excluding hydrogens is 367 g/mol. The number of rotatable bonds is 4. The third-order valence-electron chi connectivity index (χ3n) is 4.12. The van der Waals surface area contributed by atoms with Crippen LogP contribution >= 0.6 is 11.3 Å². The Labute approximate surface area is 149 Å². The molecule has 0 amide bonds. The minimum atomic E-state index is -3.74. The molecule has 0 radical (unpaired) electrons. The van der Waals surface area contributed by atoms with Gasteiger partial charge in [0.05, 0.1) is 5.69 Å². The number of aromatic carboxylic acids is 1. The van der Waals surface area contributed by atoms with Gasteiger partial charge >= 0.3 is 5.97 Å². The van der Waals surface area contributed by atoms with Crippen LogP contribution in [0.3, 0.4) is 0 Å². The molecule has 0 spiro atoms. The van der Waals surface area contributed by atoms with E-state index in [1.165, 1.54) is 16.4 Å². The normalized spacial score (nSPS) is 16.2. The van der Waals surface area contributed by atoms with Crippen LogP contribution in [0.4, 0.5) is 10.1 Å². The van der Waals surface area contributed by atoms with Gasteiger partial charge in [0.2, 0.25) is 0 Å². The highest BCUT2D eigenvalue weighted by Gasteiger charge is 2.31. The first-order valence-electron chi connectivity index (χ1n) is 7.64. The van der Waals surface area contributed by atoms with Gasteiger partial charge in [0.1, 0.15) is 14.9 Å². The monoisotopic (exact) mass is 384 g/mol. The molecule has 1 aromatic carbocycles. The molecule has 2 heterocycles. The fraction of sp³-hybridized carbons (Fsp3) is 0.312. The first-order chi connectivity index (χ1) is 11.8. The van der Waals surface area contributed by atoms with E-state index >= 15 is 0 Å². The zero-order valence-corrected chi connectivity index (χ0v) is 15.1. The van der Waals surface area contributed by atoms with E-state index in [1.807, 2.05) is 4.90 Å². The van der Waals surface area contributed by atoms with Crippen molar-refractivity contribution in [3.63, 3.8) is 0 Å². The minimum absolute atomic E-state index is 0.0294. The summed E-state index contributed by atoms with van der Waals surface area (Å²) in [5.74, 6) is -1.47. The summed E-state index contributed by atoms with van der Waals surface area (Å²) in [5, 5.41) is 9.10. The van der Waals surface area contributed by atoms with E-state index < -0.39 is 16.0 Å². The number of thiophene rings is 1. The van der Waals surface area contributed by atoms with Gasteiger partial charge in [-0.15, -0.1) is 11.3 Å². The Bertz CT molecular complexity index is 903. The molecule has 6 nitrogen and oxygen atoms in total. The summed E-state index contributed by atoms with van der Waals surface area (Å²) in [6.45, 7) is 2.76. The average Bonchev–Trinajstić information content (AvgIpc) is 2.98. The lowest BCUT2D eigenvalue weighted by Gasteiger charge is -2.35. The summed E-state index contributed by atoms with van der Waals surface area (Å²) in [6.07, 6.45) is 0. The van der Waals surface area contributed by atoms with Gasteiger partial charge in [-0.2, -0.15) is 4.31 Å². The standard InChI is InChI=1S/C16H17FN2O4S2/c1-11-10-14(24-15(11)16(20)21)25(22,23)19-8-6-18(7-9-19)13-5-3-2-4-12(13)17/h2-5,10H,6-9H2,1H3,(H,20,21). The SMILES string of the molecule is Cc1cc(S(=O)(=O)N2CCN(c3ccccc3F)CC2)sc1C(=O)O. The number of anilines is 1. The van der Waals surface area contributed by atoms with E-state index in [-0.39, 0.29) is 28.0 Å². The van der Waals surface area contributed by atoms with Crippen molar-refractivity contribution in [3.05, 3.63) is 46.6 Å². The van der Waals surface area contributed by atoms with Crippen molar-refractivity contribution >= 4 is 33.0 Å². The number of nitrogens with zero attached hydrogens (tertiary/aromatic N) is 2. The molecule has 25 heavy (non-hydrogen) atoms. The number of aryl methyl sites for hydroxylation is 1. The van der Waals surface area contributed by atoms with E-state index in [4.69, 9.17) is 5.11 Å². The highest BCUT2D eigenvalue weighted by atomic mass is 32.2. The zero-order chi connectivity index (χ0) is 18.2. The summed E-state index contributed by atoms with van der Waals surface area (Å²) < 4.78 is 40.7. The lowest BCUT2D eigenvalue weighted by Crippen LogP contribution is -2.48. The Balaban J connectivity index is 1.77. The molecule has 0 saturated carbocycles. The lowest BCUT2D eigenvalue weighted by atomic mass is 10.2. The summed E-state index contributed by atoms with van der Waals surface area (Å²) in [7, 11) is -3.74. The van der Waals surface area contributed by atoms with E-state index in [2.05, 4.69) is 0 Å². The third kappa shape index (κ3) is 3.39. The minimum Gasteiger partial charge on any atom is -0.477 e. The zero-order valence-electron chi connectivity index (χ0n) is 13.5. The first kappa shape index (κ1) is 17.8. The molecule has 9 heteroatoms. The Kier molecular flexibility index (Phi) is 4.81. The number of hydrogen-bond donors (Lipinski definition) is 1. The molecule has 0 bridgehead atoms. The van der Waals surface area contributed by atoms with Crippen LogP contribution in [0.2, 0.25) is 0 Å². The van der Waals surface area contributed by atoms with Gasteiger partial charge in [-0.3, -0.25) is 0 Å². The van der Waals surface area contributed by atoms with Crippen molar-refractivity contribution in [2.75, 3.05) is 31.1 Å². The predicted molar refractivity (Wildman–Crippen MR) is 93.4 cm³/mol. The van der Waals surface area contributed by atoms with E-state index in [0.29, 0.717) is 24.3 Å². The Hall–Kier alpha value is -1.97. The molecule has 1 fully saturated rings. The van der Waals surface area contributed by atoms with Crippen LogP contribution in [0.15, 0.2) is 34.5 Å². The van der Waals surface area contributed by atoms with Gasteiger partial charge in [-0.05, 0) is 30.7 Å². The van der Waals surface area contributed by atoms with E-state index in [9.17, 15) is 17.6 Å². The molecule has 134 valence electrons. The van der Waals surface area contributed by atoms with Crippen LogP contribution in [0.1, 0.15) is 15.2 Å². The maximum atomic E-state index is 13.9. The van der Waals surface area contributed by atoms with E-state index in [0.717, 1.165) is 11.3 Å². The number of halogens is 1. The maximum absolute atomic E-state index is 13.9. The van der Waals surface area contributed by atoms with Crippen molar-refractivity contribution in [2.45, 2.75) is 11.1 Å². The second-order valence-corrected chi connectivity index (χ2v) is 8.94. The quantitative estimate of drug-likeness (QED) is 0.876. The van der Waals surface area contributed by atoms with Crippen molar-refractivity contribution in [1.82, 2.24) is 4.31 Å². The van der Waals surface area contributed by atoms with Gasteiger partial charge in [0.25, 0.3) is 10.0 Å². The van der Waals surface area contributed by atoms with Crippen molar-refractivity contribution in [1.29, 1.82) is 0 Å². The number of hydrogen-bond acceptors (Lipinski definition) is 5. The summed E-state index contributed by atoms with van der Waals surface area (Å²) in [6, 6.07) is 7.79. The van der Waals surface area contributed by atoms with Crippen LogP contribution in [0.5, 0.6) is 0 Å². The number of piperazine rings is 1. The second-order valence-electron chi connectivity index (χ2n) is 5.73. The molecular formula is C16H17FN2O4S2. The molecule has 2 aromatic rings. The molecule has 0 unspecified atom stereocenters. The van der Waals surface area contributed by atoms with Crippen LogP contribution in [0.25, 0.3) is 0 Å². The molecule has 1 aliphatic heterocycles. The first-order valence-corrected chi connectivity index (χ1v) is 9.89. The third-order valence-corrected chi connectivity index (χ3v) is 7.69. The lowest BCUT2D eigenvalue weighted by molar-refractivity contribution is 0.0701. The Morgan fingerprint density at radius 1 is 1.20 bits per heavy atom. The van der Waals surface area contributed by atoms with Gasteiger partial charge in [0.15, 0.2) is 0 Å². The topological polar surface area (TPSA) is 77.9 Å². The van der Waals surface area contributed by atoms with Gasteiger partial charge in [-0.1, -0.05) is 12.1 Å². The van der Waals surface area contributed by atoms with Crippen LogP contribution in [-0.4, -0.2) is 50.0 Å². The molecule has 1 saturated heterocycles. The Morgan fingerprint density at radius 3 is 2.40 bits per heavy atom. The maximum Gasteiger partial charge on any atom is 0.346 e. The molecule has 1 aliphatic rings. The number of para-hydroxylation sites is 1. The van der Waals surface area contributed by atoms with Crippen LogP contribution in [0, 0.1) is 12.7 Å². The van der Waals surface area contributed by atoms with Gasteiger partial charge < -0.3 is 10.0 Å². The second kappa shape index (κ2) is 6.74. The largest absolute Gasteiger partial charge is 0.477 e. The summed E-state index contributed by atoms with van der Waals surface area (Å²) >= 11 is 0.765. The van der Waals surface area contributed by atoms with Crippen molar-refractivity contribution in [3.8, 4) is 0 Å². The highest BCUT2D eigenvalue weighted by Crippen LogP contribution is 2.30. The summed E-state index contributed by atoms with van der Waals surface area (Å²) in [5.41, 5.74) is 0.890. The number of carboxylic acids is 1. The van der Waals surface area contributed by atoms with Crippen LogP contribution < -0.4 is 4.90 Å². The van der Waals surface area contributed by atoms with E-state index in [1.54, 1.807) is 25.1 Å².